The summed E-state index contributed by atoms with van der Waals surface area (Å²) in [4.78, 5) is 0. The van der Waals surface area contributed by atoms with Crippen molar-refractivity contribution in [3.63, 3.8) is 0 Å². The van der Waals surface area contributed by atoms with Crippen LogP contribution in [0, 0.1) is 13.8 Å². The van der Waals surface area contributed by atoms with Crippen LogP contribution in [0.25, 0.3) is 0 Å². The van der Waals surface area contributed by atoms with Gasteiger partial charge in [-0.3, -0.25) is 0 Å². The molecular weight excluding hydrogens is 332 g/mol. The van der Waals surface area contributed by atoms with E-state index in [2.05, 4.69) is 9.71 Å². The van der Waals surface area contributed by atoms with Crippen molar-refractivity contribution in [2.24, 2.45) is 4.40 Å². The van der Waals surface area contributed by atoms with Gasteiger partial charge in [0, 0.05) is 17.3 Å². The van der Waals surface area contributed by atoms with Gasteiger partial charge in [-0.15, -0.1) is 0 Å². The van der Waals surface area contributed by atoms with Crippen molar-refractivity contribution in [1.29, 1.82) is 0 Å². The highest BCUT2D eigenvalue weighted by Gasteiger charge is 2.24. The summed E-state index contributed by atoms with van der Waals surface area (Å²) in [6.07, 6.45) is 1.12. The van der Waals surface area contributed by atoms with Crippen LogP contribution in [0.4, 0.5) is 5.69 Å². The highest BCUT2D eigenvalue weighted by Crippen LogP contribution is 2.25. The van der Waals surface area contributed by atoms with Crippen LogP contribution >= 0.6 is 0 Å². The first-order valence-electron chi connectivity index (χ1n) is 7.16. The van der Waals surface area contributed by atoms with Gasteiger partial charge in [-0.2, -0.15) is 12.8 Å². The van der Waals surface area contributed by atoms with Crippen LogP contribution in [-0.4, -0.2) is 19.5 Å². The molecule has 2 rings (SSSR count). The molecule has 0 saturated heterocycles. The standard InChI is InChI=1S/C16H20N2O5S/c1-10-5-11(2)7-13(6-10)17-15(19)18-24(21,22)14-8-12(9-23-14)16(3,4)20/h5-9,20H,1-4H3,(H2,17,18,19)/p-1. The summed E-state index contributed by atoms with van der Waals surface area (Å²) in [7, 11) is -4.30. The van der Waals surface area contributed by atoms with Crippen LogP contribution in [0.1, 0.15) is 30.5 Å². The Bertz CT molecular complexity index is 856. The molecule has 0 aliphatic heterocycles. The minimum atomic E-state index is -4.30. The number of hydrogen-bond donors (Lipinski definition) is 2. The average molecular weight is 351 g/mol. The van der Waals surface area contributed by atoms with Gasteiger partial charge in [0.25, 0.3) is 0 Å². The number of hydrogen-bond acceptors (Lipinski definition) is 5. The van der Waals surface area contributed by atoms with E-state index in [4.69, 9.17) is 4.42 Å². The number of amidine groups is 1. The Morgan fingerprint density at radius 3 is 2.29 bits per heavy atom. The molecule has 0 atom stereocenters. The Morgan fingerprint density at radius 1 is 1.21 bits per heavy atom. The van der Waals surface area contributed by atoms with E-state index in [0.29, 0.717) is 5.69 Å². The van der Waals surface area contributed by atoms with E-state index in [1.165, 1.54) is 13.8 Å². The van der Waals surface area contributed by atoms with Crippen molar-refractivity contribution in [1.82, 2.24) is 0 Å². The molecule has 0 bridgehead atoms. The smallest absolute Gasteiger partial charge is 0.316 e. The predicted octanol–water partition coefficient (Wildman–Crippen LogP) is 1.64. The molecule has 0 spiro atoms. The maximum Gasteiger partial charge on any atom is 0.316 e. The fraction of sp³-hybridized carbons (Fsp3) is 0.312. The highest BCUT2D eigenvalue weighted by molar-refractivity contribution is 7.90. The molecule has 1 aromatic heterocycles. The molecule has 0 amide bonds. The van der Waals surface area contributed by atoms with Crippen molar-refractivity contribution < 1.29 is 23.0 Å². The maximum atomic E-state index is 12.1. The van der Waals surface area contributed by atoms with Crippen molar-refractivity contribution >= 4 is 21.7 Å². The first kappa shape index (κ1) is 18.0. The lowest BCUT2D eigenvalue weighted by Gasteiger charge is -2.14. The minimum absolute atomic E-state index is 0.269. The van der Waals surface area contributed by atoms with Crippen molar-refractivity contribution in [3.8, 4) is 0 Å². The Hall–Kier alpha value is -2.32. The van der Waals surface area contributed by atoms with Crippen LogP contribution in [0.2, 0.25) is 0 Å². The van der Waals surface area contributed by atoms with Crippen molar-refractivity contribution in [2.75, 3.05) is 5.32 Å². The second-order valence-corrected chi connectivity index (χ2v) is 7.62. The number of nitrogens with one attached hydrogen (secondary N) is 1. The normalized spacial score (nSPS) is 13.1. The first-order valence-corrected chi connectivity index (χ1v) is 8.60. The molecule has 0 radical (unpaired) electrons. The zero-order valence-electron chi connectivity index (χ0n) is 13.8. The number of furan rings is 1. The summed E-state index contributed by atoms with van der Waals surface area (Å²) in [6, 6.07) is 5.44. The van der Waals surface area contributed by atoms with E-state index in [-0.39, 0.29) is 5.56 Å². The summed E-state index contributed by atoms with van der Waals surface area (Å²) in [6.45, 7) is 6.69. The molecule has 2 aromatic rings. The molecule has 130 valence electrons. The lowest BCUT2D eigenvalue weighted by molar-refractivity contribution is -0.213. The molecule has 0 unspecified atom stereocenters. The van der Waals surface area contributed by atoms with Gasteiger partial charge in [0.2, 0.25) is 5.09 Å². The Morgan fingerprint density at radius 2 is 1.79 bits per heavy atom. The van der Waals surface area contributed by atoms with E-state index in [0.717, 1.165) is 23.5 Å². The van der Waals surface area contributed by atoms with E-state index in [9.17, 15) is 18.6 Å². The minimum Gasteiger partial charge on any atom is -0.845 e. The number of sulfonamides is 1. The van der Waals surface area contributed by atoms with Gasteiger partial charge < -0.3 is 19.9 Å². The van der Waals surface area contributed by atoms with Crippen molar-refractivity contribution in [3.05, 3.63) is 47.2 Å². The number of aryl methyl sites for hydroxylation is 2. The Labute approximate surface area is 140 Å². The third-order valence-electron chi connectivity index (χ3n) is 3.21. The molecule has 0 fully saturated rings. The molecular formula is C16H19N2O5S-. The average Bonchev–Trinajstić information content (AvgIpc) is 2.85. The number of anilines is 1. The van der Waals surface area contributed by atoms with Gasteiger partial charge in [-0.25, -0.2) is 0 Å². The summed E-state index contributed by atoms with van der Waals surface area (Å²) in [5, 5.41) is 23.6. The first-order chi connectivity index (χ1) is 11.0. The molecule has 1 aromatic carbocycles. The second-order valence-electron chi connectivity index (χ2n) is 6.09. The van der Waals surface area contributed by atoms with E-state index in [1.807, 2.05) is 19.9 Å². The van der Waals surface area contributed by atoms with Gasteiger partial charge in [0.15, 0.2) is 0 Å². The number of rotatable bonds is 4. The van der Waals surface area contributed by atoms with E-state index in [1.54, 1.807) is 12.1 Å². The lowest BCUT2D eigenvalue weighted by Crippen LogP contribution is -2.28. The molecule has 7 nitrogen and oxygen atoms in total. The fourth-order valence-electron chi connectivity index (χ4n) is 2.12. The van der Waals surface area contributed by atoms with E-state index < -0.39 is 26.7 Å². The zero-order valence-corrected chi connectivity index (χ0v) is 14.6. The lowest BCUT2D eigenvalue weighted by atomic mass is 10.0. The van der Waals surface area contributed by atoms with Crippen LogP contribution in [0.5, 0.6) is 0 Å². The highest BCUT2D eigenvalue weighted by atomic mass is 32.2. The van der Waals surface area contributed by atoms with Crippen LogP contribution in [0.3, 0.4) is 0 Å². The Kier molecular flexibility index (Phi) is 4.73. The largest absolute Gasteiger partial charge is 0.845 e. The summed E-state index contributed by atoms with van der Waals surface area (Å²) < 4.78 is 32.3. The number of aliphatic hydroxyl groups is 1. The third kappa shape index (κ3) is 4.36. The summed E-state index contributed by atoms with van der Waals surface area (Å²) in [5.74, 6) is 0. The Balaban J connectivity index is 2.26. The predicted molar refractivity (Wildman–Crippen MR) is 88.1 cm³/mol. The van der Waals surface area contributed by atoms with E-state index >= 15 is 0 Å². The molecule has 0 aliphatic carbocycles. The van der Waals surface area contributed by atoms with Crippen LogP contribution in [0.15, 0.2) is 44.4 Å². The van der Waals surface area contributed by atoms with Gasteiger partial charge in [-0.1, -0.05) is 6.07 Å². The SMILES string of the molecule is Cc1cc(C)cc(N/C([O-])=N/S(=O)(=O)c2cc(C(C)(C)O)co2)c1. The van der Waals surface area contributed by atoms with Gasteiger partial charge >= 0.3 is 10.0 Å². The summed E-state index contributed by atoms with van der Waals surface area (Å²) >= 11 is 0. The third-order valence-corrected chi connectivity index (χ3v) is 4.34. The molecule has 0 aliphatic rings. The van der Waals surface area contributed by atoms with Crippen LogP contribution < -0.4 is 10.4 Å². The molecule has 8 heteroatoms. The molecule has 2 N–H and O–H groups in total. The molecule has 0 saturated carbocycles. The molecule has 24 heavy (non-hydrogen) atoms. The van der Waals surface area contributed by atoms with Crippen molar-refractivity contribution in [2.45, 2.75) is 38.4 Å². The van der Waals surface area contributed by atoms with Gasteiger partial charge in [0.05, 0.1) is 17.9 Å². The number of nitrogens with zero attached hydrogens (tertiary/aromatic N) is 1. The van der Waals surface area contributed by atoms with Gasteiger partial charge in [0.1, 0.15) is 0 Å². The summed E-state index contributed by atoms with van der Waals surface area (Å²) in [5.41, 5.74) is 1.31. The topological polar surface area (TPSA) is 115 Å². The van der Waals surface area contributed by atoms with Crippen LogP contribution in [-0.2, 0) is 15.6 Å². The van der Waals surface area contributed by atoms with Gasteiger partial charge in [-0.05, 0) is 51.0 Å². The second kappa shape index (κ2) is 6.29. The zero-order chi connectivity index (χ0) is 18.1. The fourth-order valence-corrected chi connectivity index (χ4v) is 2.92. The monoisotopic (exact) mass is 351 g/mol. The quantitative estimate of drug-likeness (QED) is 0.639. The maximum absolute atomic E-state index is 12.1. The molecule has 1 heterocycles. The number of benzene rings is 1.